The first-order chi connectivity index (χ1) is 2.41. The van der Waals surface area contributed by atoms with E-state index < -0.39 is 0 Å². The molecule has 0 fully saturated rings. The van der Waals surface area contributed by atoms with Crippen LogP contribution >= 0.6 is 0 Å². The van der Waals surface area contributed by atoms with Crippen molar-refractivity contribution in [1.29, 1.82) is 0 Å². The van der Waals surface area contributed by atoms with Gasteiger partial charge in [-0.3, -0.25) is 0 Å². The Balaban J connectivity index is 2.19. The molecule has 0 atom stereocenters. The highest BCUT2D eigenvalue weighted by molar-refractivity contribution is 4.14. The lowest BCUT2D eigenvalue weighted by Crippen LogP contribution is -1.76. The van der Waals surface area contributed by atoms with Crippen molar-refractivity contribution in [2.75, 3.05) is 6.61 Å². The molecule has 0 aromatic rings. The fraction of sp³-hybridized carbons (Fsp3) is 0.667. The van der Waals surface area contributed by atoms with Crippen molar-refractivity contribution in [1.82, 2.24) is 0 Å². The maximum atomic E-state index is 10.5. The van der Waals surface area contributed by atoms with Gasteiger partial charge in [0, 0.05) is 6.61 Å². The van der Waals surface area contributed by atoms with Crippen molar-refractivity contribution < 1.29 is 9.13 Å². The van der Waals surface area contributed by atoms with Gasteiger partial charge in [0.05, 0.1) is 0 Å². The van der Waals surface area contributed by atoms with Crippen LogP contribution in [0.25, 0.3) is 0 Å². The largest absolute Gasteiger partial charge is 0.340 e. The van der Waals surface area contributed by atoms with E-state index >= 15 is 0 Å². The molecule has 0 saturated carbocycles. The predicted molar refractivity (Wildman–Crippen MR) is 16.0 cm³/mol. The molecule has 30 valence electrons. The zero-order chi connectivity index (χ0) is 4.12. The van der Waals surface area contributed by atoms with Gasteiger partial charge in [-0.25, -0.2) is 0 Å². The van der Waals surface area contributed by atoms with Gasteiger partial charge in [0.15, 0.2) is 0 Å². The first-order valence-electron chi connectivity index (χ1n) is 1.39. The van der Waals surface area contributed by atoms with Gasteiger partial charge in [-0.05, 0) is 6.92 Å². The van der Waals surface area contributed by atoms with Crippen LogP contribution in [0.4, 0.5) is 4.39 Å². The lowest BCUT2D eigenvalue weighted by atomic mass is 10.9. The Kier molecular flexibility index (Phi) is 3.80. The molecule has 0 aromatic heterocycles. The van der Waals surface area contributed by atoms with Crippen LogP contribution in [0.15, 0.2) is 0 Å². The predicted octanol–water partition coefficient (Wildman–Crippen LogP) is 0.989. The maximum Gasteiger partial charge on any atom is 0.340 e. The highest BCUT2D eigenvalue weighted by Crippen LogP contribution is 1.76. The van der Waals surface area contributed by atoms with Crippen molar-refractivity contribution in [3.05, 3.63) is 6.86 Å². The summed E-state index contributed by atoms with van der Waals surface area (Å²) in [6, 6.07) is 0. The Morgan fingerprint density at radius 1 is 2.00 bits per heavy atom. The minimum absolute atomic E-state index is 0.358. The van der Waals surface area contributed by atoms with Crippen molar-refractivity contribution >= 4 is 0 Å². The van der Waals surface area contributed by atoms with Gasteiger partial charge in [0.25, 0.3) is 0 Å². The molecule has 0 amide bonds. The third-order valence-electron chi connectivity index (χ3n) is 0.199. The fourth-order valence-electron chi connectivity index (χ4n) is 0.0546. The van der Waals surface area contributed by atoms with E-state index in [1.165, 1.54) is 0 Å². The van der Waals surface area contributed by atoms with E-state index in [2.05, 4.69) is 4.74 Å². The van der Waals surface area contributed by atoms with Crippen LogP contribution in [0.5, 0.6) is 0 Å². The molecular weight excluding hydrogens is 71.0 g/mol. The number of rotatable bonds is 2. The molecule has 0 saturated heterocycles. The summed E-state index contributed by atoms with van der Waals surface area (Å²) in [5, 5.41) is 0. The minimum atomic E-state index is 0.358. The van der Waals surface area contributed by atoms with E-state index in [-0.39, 0.29) is 0 Å². The van der Waals surface area contributed by atoms with Crippen molar-refractivity contribution in [2.45, 2.75) is 6.92 Å². The Labute approximate surface area is 30.7 Å². The number of hydrogen-bond acceptors (Lipinski definition) is 1. The Morgan fingerprint density at radius 3 is 2.60 bits per heavy atom. The monoisotopic (exact) mass is 76.0 g/mol. The van der Waals surface area contributed by atoms with Gasteiger partial charge in [-0.15, -0.1) is 0 Å². The molecule has 0 aliphatic carbocycles. The molecule has 2 radical (unpaired) electrons. The van der Waals surface area contributed by atoms with Gasteiger partial charge in [0.2, 0.25) is 0 Å². The first-order valence-corrected chi connectivity index (χ1v) is 1.39. The average molecular weight is 76.1 g/mol. The molecule has 0 aliphatic rings. The van der Waals surface area contributed by atoms with E-state index in [0.717, 1.165) is 6.86 Å². The lowest BCUT2D eigenvalue weighted by molar-refractivity contribution is 0.144. The van der Waals surface area contributed by atoms with Crippen molar-refractivity contribution in [2.24, 2.45) is 0 Å². The number of halogens is 1. The normalized spacial score (nSPS) is 8.40. The second-order valence-electron chi connectivity index (χ2n) is 0.510. The quantitative estimate of drug-likeness (QED) is 0.476. The molecule has 0 N–H and O–H groups in total. The minimum Gasteiger partial charge on any atom is -0.337 e. The van der Waals surface area contributed by atoms with Crippen LogP contribution in [0.2, 0.25) is 0 Å². The summed E-state index contributed by atoms with van der Waals surface area (Å²) in [6.45, 7) is 3.06. The lowest BCUT2D eigenvalue weighted by Gasteiger charge is -1.79. The number of ether oxygens (including phenoxy) is 1. The summed E-state index contributed by atoms with van der Waals surface area (Å²) in [7, 11) is 0. The summed E-state index contributed by atoms with van der Waals surface area (Å²) in [5.74, 6) is 0. The highest BCUT2D eigenvalue weighted by atomic mass is 19.1. The molecule has 0 heterocycles. The van der Waals surface area contributed by atoms with Crippen LogP contribution in [0, 0.1) is 6.86 Å². The van der Waals surface area contributed by atoms with Gasteiger partial charge in [-0.2, -0.15) is 4.39 Å². The zero-order valence-electron chi connectivity index (χ0n) is 2.99. The van der Waals surface area contributed by atoms with Crippen LogP contribution in [0.1, 0.15) is 6.92 Å². The van der Waals surface area contributed by atoms with Gasteiger partial charge >= 0.3 is 6.86 Å². The van der Waals surface area contributed by atoms with E-state index in [1.54, 1.807) is 6.92 Å². The summed E-state index contributed by atoms with van der Waals surface area (Å²) >= 11 is 0. The van der Waals surface area contributed by atoms with Gasteiger partial charge in [-0.1, -0.05) is 0 Å². The topological polar surface area (TPSA) is 9.23 Å². The number of hydrogen-bond donors (Lipinski definition) is 0. The van der Waals surface area contributed by atoms with Crippen LogP contribution in [-0.4, -0.2) is 6.61 Å². The summed E-state index contributed by atoms with van der Waals surface area (Å²) in [4.78, 5) is 0. The van der Waals surface area contributed by atoms with Crippen LogP contribution in [0.3, 0.4) is 0 Å². The molecule has 0 spiro atoms. The van der Waals surface area contributed by atoms with Crippen LogP contribution < -0.4 is 0 Å². The second-order valence-corrected chi connectivity index (χ2v) is 0.510. The summed E-state index contributed by atoms with van der Waals surface area (Å²) in [5.41, 5.74) is 0. The third kappa shape index (κ3) is 3.89. The average Bonchev–Trinajstić information content (AvgIpc) is 1.41. The SMILES string of the molecule is CCO[C]F. The van der Waals surface area contributed by atoms with Crippen molar-refractivity contribution in [3.8, 4) is 0 Å². The third-order valence-corrected chi connectivity index (χ3v) is 0.199. The first kappa shape index (κ1) is 4.89. The van der Waals surface area contributed by atoms with Crippen molar-refractivity contribution in [3.63, 3.8) is 0 Å². The maximum absolute atomic E-state index is 10.5. The molecular formula is C3H5FO. The Bertz CT molecular complexity index is 14.4. The Hall–Kier alpha value is -0.110. The summed E-state index contributed by atoms with van der Waals surface area (Å²) < 4.78 is 14.4. The van der Waals surface area contributed by atoms with E-state index in [9.17, 15) is 4.39 Å². The standard InChI is InChI=1S/C3H5FO/c1-2-5-3-4/h2H2,1H3. The van der Waals surface area contributed by atoms with E-state index in [1.807, 2.05) is 0 Å². The molecule has 0 bridgehead atoms. The second kappa shape index (κ2) is 3.89. The summed E-state index contributed by atoms with van der Waals surface area (Å²) in [6.07, 6.45) is 0. The van der Waals surface area contributed by atoms with Gasteiger partial charge in [0.1, 0.15) is 0 Å². The molecule has 0 unspecified atom stereocenters. The molecule has 0 rings (SSSR count). The van der Waals surface area contributed by atoms with Crippen LogP contribution in [-0.2, 0) is 4.74 Å². The molecule has 0 aliphatic heterocycles. The zero-order valence-corrected chi connectivity index (χ0v) is 2.99. The Morgan fingerprint density at radius 2 is 2.60 bits per heavy atom. The molecule has 2 heteroatoms. The fourth-order valence-corrected chi connectivity index (χ4v) is 0.0546. The smallest absolute Gasteiger partial charge is 0.337 e. The van der Waals surface area contributed by atoms with Gasteiger partial charge < -0.3 is 4.74 Å². The molecule has 5 heavy (non-hydrogen) atoms. The van der Waals surface area contributed by atoms with E-state index in [0.29, 0.717) is 6.61 Å². The highest BCUT2D eigenvalue weighted by Gasteiger charge is 1.73. The molecule has 0 aromatic carbocycles. The molecule has 1 nitrogen and oxygen atoms in total. The van der Waals surface area contributed by atoms with E-state index in [4.69, 9.17) is 0 Å².